The Labute approximate surface area is 147 Å². The van der Waals surface area contributed by atoms with Gasteiger partial charge in [-0.25, -0.2) is 0 Å². The van der Waals surface area contributed by atoms with Crippen molar-refractivity contribution in [2.75, 3.05) is 12.3 Å². The van der Waals surface area contributed by atoms with Crippen LogP contribution in [0.15, 0.2) is 59.6 Å². The summed E-state index contributed by atoms with van der Waals surface area (Å²) >= 11 is 7.88. The molecule has 1 heterocycles. The number of hydrogen-bond acceptors (Lipinski definition) is 3. The minimum Gasteiger partial charge on any atom is -0.340 e. The quantitative estimate of drug-likeness (QED) is 0.738. The average Bonchev–Trinajstić information content (AvgIpc) is 2.62. The largest absolute Gasteiger partial charge is 0.340 e. The van der Waals surface area contributed by atoms with E-state index in [1.54, 1.807) is 0 Å². The van der Waals surface area contributed by atoms with Crippen LogP contribution in [0.2, 0.25) is 5.02 Å². The molecule has 0 aromatic heterocycles. The number of hydrogen-bond donors (Lipinski definition) is 0. The van der Waals surface area contributed by atoms with E-state index >= 15 is 0 Å². The fourth-order valence-corrected chi connectivity index (χ4v) is 3.84. The first-order valence-electron chi connectivity index (χ1n) is 7.97. The first-order chi connectivity index (χ1) is 11.2. The molecule has 0 N–H and O–H groups in total. The summed E-state index contributed by atoms with van der Waals surface area (Å²) in [4.78, 5) is 7.17. The van der Waals surface area contributed by atoms with Gasteiger partial charge in [0.05, 0.1) is 6.04 Å². The van der Waals surface area contributed by atoms with Gasteiger partial charge in [0.15, 0.2) is 5.17 Å². The van der Waals surface area contributed by atoms with Crippen LogP contribution in [-0.2, 0) is 6.54 Å². The van der Waals surface area contributed by atoms with Crippen LogP contribution >= 0.6 is 23.4 Å². The van der Waals surface area contributed by atoms with Crippen molar-refractivity contribution in [1.29, 1.82) is 0 Å². The van der Waals surface area contributed by atoms with Crippen molar-refractivity contribution >= 4 is 28.5 Å². The molecule has 1 aliphatic rings. The lowest BCUT2D eigenvalue weighted by atomic mass is 10.1. The van der Waals surface area contributed by atoms with Crippen LogP contribution in [0.25, 0.3) is 0 Å². The van der Waals surface area contributed by atoms with Crippen molar-refractivity contribution in [2.24, 2.45) is 4.99 Å². The lowest BCUT2D eigenvalue weighted by Gasteiger charge is -2.33. The van der Waals surface area contributed by atoms with Crippen LogP contribution in [0, 0.1) is 0 Å². The van der Waals surface area contributed by atoms with E-state index in [4.69, 9.17) is 16.6 Å². The Hall–Kier alpha value is -1.45. The molecule has 1 atom stereocenters. The van der Waals surface area contributed by atoms with Gasteiger partial charge in [-0.15, -0.1) is 0 Å². The lowest BCUT2D eigenvalue weighted by Crippen LogP contribution is -2.33. The molecule has 2 aromatic carbocycles. The Morgan fingerprint density at radius 2 is 1.87 bits per heavy atom. The molecule has 2 nitrogen and oxygen atoms in total. The molecule has 4 heteroatoms. The van der Waals surface area contributed by atoms with E-state index in [0.717, 1.165) is 29.0 Å². The number of benzene rings is 2. The number of thioether (sulfide) groups is 1. The molecule has 23 heavy (non-hydrogen) atoms. The normalized spacial score (nSPS) is 15.8. The first kappa shape index (κ1) is 16.4. The van der Waals surface area contributed by atoms with Gasteiger partial charge in [0.2, 0.25) is 0 Å². The SMILES string of the molecule is CC(c1ccccc1)N(Cc1ccc(Cl)cc1)C1=NCCCS1. The Balaban J connectivity index is 1.87. The van der Waals surface area contributed by atoms with Gasteiger partial charge in [0.25, 0.3) is 0 Å². The highest BCUT2D eigenvalue weighted by Gasteiger charge is 2.22. The zero-order valence-corrected chi connectivity index (χ0v) is 14.9. The summed E-state index contributed by atoms with van der Waals surface area (Å²) in [5.74, 6) is 1.15. The Kier molecular flexibility index (Phi) is 5.63. The molecule has 0 saturated heterocycles. The standard InChI is InChI=1S/C19H21ClN2S/c1-15(17-6-3-2-4-7-17)22(19-21-12-5-13-23-19)14-16-8-10-18(20)11-9-16/h2-4,6-11,15H,5,12-14H2,1H3. The molecule has 0 aliphatic carbocycles. The highest BCUT2D eigenvalue weighted by atomic mass is 35.5. The van der Waals surface area contributed by atoms with Crippen LogP contribution in [0.4, 0.5) is 0 Å². The molecule has 0 bridgehead atoms. The number of halogens is 1. The van der Waals surface area contributed by atoms with Gasteiger partial charge in [-0.1, -0.05) is 65.8 Å². The number of amidine groups is 1. The Morgan fingerprint density at radius 3 is 2.52 bits per heavy atom. The fraction of sp³-hybridized carbons (Fsp3) is 0.316. The monoisotopic (exact) mass is 344 g/mol. The second kappa shape index (κ2) is 7.89. The van der Waals surface area contributed by atoms with Crippen molar-refractivity contribution in [3.05, 3.63) is 70.7 Å². The summed E-state index contributed by atoms with van der Waals surface area (Å²) < 4.78 is 0. The van der Waals surface area contributed by atoms with E-state index in [0.29, 0.717) is 0 Å². The van der Waals surface area contributed by atoms with Crippen molar-refractivity contribution in [3.8, 4) is 0 Å². The molecule has 2 aromatic rings. The van der Waals surface area contributed by atoms with Crippen LogP contribution in [0.3, 0.4) is 0 Å². The zero-order chi connectivity index (χ0) is 16.1. The average molecular weight is 345 g/mol. The molecule has 3 rings (SSSR count). The summed E-state index contributed by atoms with van der Waals surface area (Å²) in [6, 6.07) is 19.0. The van der Waals surface area contributed by atoms with Gasteiger partial charge < -0.3 is 4.90 Å². The molecule has 0 saturated carbocycles. The maximum Gasteiger partial charge on any atom is 0.159 e. The van der Waals surface area contributed by atoms with Crippen molar-refractivity contribution in [1.82, 2.24) is 4.90 Å². The van der Waals surface area contributed by atoms with Crippen LogP contribution in [-0.4, -0.2) is 22.4 Å². The molecular weight excluding hydrogens is 324 g/mol. The summed E-state index contributed by atoms with van der Waals surface area (Å²) in [7, 11) is 0. The fourth-order valence-electron chi connectivity index (χ4n) is 2.69. The molecule has 0 amide bonds. The van der Waals surface area contributed by atoms with Gasteiger partial charge in [0.1, 0.15) is 0 Å². The molecule has 0 fully saturated rings. The molecular formula is C19H21ClN2S. The van der Waals surface area contributed by atoms with Crippen LogP contribution < -0.4 is 0 Å². The summed E-state index contributed by atoms with van der Waals surface area (Å²) in [6.07, 6.45) is 1.17. The van der Waals surface area contributed by atoms with Gasteiger partial charge in [-0.3, -0.25) is 4.99 Å². The van der Waals surface area contributed by atoms with E-state index in [-0.39, 0.29) is 6.04 Å². The second-order valence-electron chi connectivity index (χ2n) is 5.71. The lowest BCUT2D eigenvalue weighted by molar-refractivity contribution is 0.334. The van der Waals surface area contributed by atoms with Crippen molar-refractivity contribution in [2.45, 2.75) is 25.9 Å². The maximum absolute atomic E-state index is 6.01. The third-order valence-corrected chi connectivity index (χ3v) is 5.41. The van der Waals surface area contributed by atoms with Gasteiger partial charge in [-0.05, 0) is 36.6 Å². The summed E-state index contributed by atoms with van der Waals surface area (Å²) in [5.41, 5.74) is 2.57. The third kappa shape index (κ3) is 4.30. The van der Waals surface area contributed by atoms with Crippen molar-refractivity contribution in [3.63, 3.8) is 0 Å². The molecule has 1 aliphatic heterocycles. The maximum atomic E-state index is 6.01. The summed E-state index contributed by atoms with van der Waals surface area (Å²) in [5, 5.41) is 1.93. The highest BCUT2D eigenvalue weighted by molar-refractivity contribution is 8.13. The Morgan fingerprint density at radius 1 is 1.13 bits per heavy atom. The minimum absolute atomic E-state index is 0.288. The first-order valence-corrected chi connectivity index (χ1v) is 9.33. The van der Waals surface area contributed by atoms with E-state index in [9.17, 15) is 0 Å². The highest BCUT2D eigenvalue weighted by Crippen LogP contribution is 2.28. The van der Waals surface area contributed by atoms with E-state index < -0.39 is 0 Å². The second-order valence-corrected chi connectivity index (χ2v) is 7.21. The number of nitrogens with zero attached hydrogens (tertiary/aromatic N) is 2. The molecule has 0 spiro atoms. The van der Waals surface area contributed by atoms with E-state index in [2.05, 4.69) is 54.3 Å². The molecule has 0 radical (unpaired) electrons. The van der Waals surface area contributed by atoms with E-state index in [1.165, 1.54) is 17.5 Å². The molecule has 120 valence electrons. The predicted molar refractivity (Wildman–Crippen MR) is 101 cm³/mol. The van der Waals surface area contributed by atoms with Gasteiger partial charge in [0, 0.05) is 23.9 Å². The van der Waals surface area contributed by atoms with Gasteiger partial charge >= 0.3 is 0 Å². The van der Waals surface area contributed by atoms with Crippen LogP contribution in [0.1, 0.15) is 30.5 Å². The zero-order valence-electron chi connectivity index (χ0n) is 13.3. The topological polar surface area (TPSA) is 15.6 Å². The van der Waals surface area contributed by atoms with E-state index in [1.807, 2.05) is 23.9 Å². The summed E-state index contributed by atoms with van der Waals surface area (Å²) in [6.45, 7) is 4.03. The number of aliphatic imine (C=N–C) groups is 1. The Bertz CT molecular complexity index is 655. The minimum atomic E-state index is 0.288. The molecule has 1 unspecified atom stereocenters. The van der Waals surface area contributed by atoms with Gasteiger partial charge in [-0.2, -0.15) is 0 Å². The predicted octanol–water partition coefficient (Wildman–Crippen LogP) is 5.40. The smallest absolute Gasteiger partial charge is 0.159 e. The van der Waals surface area contributed by atoms with Crippen LogP contribution in [0.5, 0.6) is 0 Å². The number of rotatable bonds is 4. The van der Waals surface area contributed by atoms with Crippen molar-refractivity contribution < 1.29 is 0 Å². The third-order valence-electron chi connectivity index (χ3n) is 4.04.